The molecule has 0 radical (unpaired) electrons. The van der Waals surface area contributed by atoms with Crippen LogP contribution < -0.4 is 5.32 Å². The maximum absolute atomic E-state index is 11.6. The number of nitrogens with zero attached hydrogens (tertiary/aromatic N) is 1. The van der Waals surface area contributed by atoms with Crippen LogP contribution in [0.1, 0.15) is 12.8 Å². The van der Waals surface area contributed by atoms with Crippen LogP contribution in [0.3, 0.4) is 0 Å². The molecular weight excluding hydrogens is 216 g/mol. The van der Waals surface area contributed by atoms with E-state index in [-0.39, 0.29) is 12.5 Å². The Morgan fingerprint density at radius 1 is 1.35 bits per heavy atom. The average Bonchev–Trinajstić information content (AvgIpc) is 2.37. The molecule has 1 aromatic carbocycles. The summed E-state index contributed by atoms with van der Waals surface area (Å²) in [5, 5.41) is 13.5. The lowest BCUT2D eigenvalue weighted by Gasteiger charge is -2.07. The Bertz CT molecular complexity index is 520. The zero-order valence-corrected chi connectivity index (χ0v) is 9.39. The topological polar surface area (TPSA) is 62.2 Å². The van der Waals surface area contributed by atoms with Crippen LogP contribution in [0.2, 0.25) is 0 Å². The van der Waals surface area contributed by atoms with Crippen molar-refractivity contribution in [1.29, 1.82) is 0 Å². The highest BCUT2D eigenvalue weighted by Crippen LogP contribution is 2.22. The fourth-order valence-electron chi connectivity index (χ4n) is 1.67. The summed E-state index contributed by atoms with van der Waals surface area (Å²) in [6, 6.07) is 7.62. The minimum absolute atomic E-state index is 0.0323. The van der Waals surface area contributed by atoms with Gasteiger partial charge < -0.3 is 10.4 Å². The van der Waals surface area contributed by atoms with Crippen molar-refractivity contribution >= 4 is 22.4 Å². The van der Waals surface area contributed by atoms with Gasteiger partial charge in [0.05, 0.1) is 5.69 Å². The number of pyridine rings is 1. The fraction of sp³-hybridized carbons (Fsp3) is 0.231. The average molecular weight is 230 g/mol. The van der Waals surface area contributed by atoms with Gasteiger partial charge in [0.1, 0.15) is 0 Å². The van der Waals surface area contributed by atoms with Crippen molar-refractivity contribution in [3.8, 4) is 0 Å². The summed E-state index contributed by atoms with van der Waals surface area (Å²) < 4.78 is 0. The van der Waals surface area contributed by atoms with Gasteiger partial charge in [-0.15, -0.1) is 0 Å². The van der Waals surface area contributed by atoms with Crippen LogP contribution in [0.4, 0.5) is 5.69 Å². The Morgan fingerprint density at radius 2 is 2.24 bits per heavy atom. The molecular formula is C13H14N2O2. The van der Waals surface area contributed by atoms with Crippen LogP contribution >= 0.6 is 0 Å². The van der Waals surface area contributed by atoms with Gasteiger partial charge in [-0.3, -0.25) is 9.78 Å². The molecule has 0 atom stereocenters. The Balaban J connectivity index is 2.21. The van der Waals surface area contributed by atoms with Crippen LogP contribution in [0.15, 0.2) is 36.7 Å². The number of carbonyl (C=O) groups excluding carboxylic acids is 1. The molecule has 4 nitrogen and oxygen atoms in total. The number of hydrogen-bond donors (Lipinski definition) is 2. The van der Waals surface area contributed by atoms with Gasteiger partial charge in [0.2, 0.25) is 5.91 Å². The van der Waals surface area contributed by atoms with Crippen LogP contribution in [0.5, 0.6) is 0 Å². The van der Waals surface area contributed by atoms with E-state index in [0.29, 0.717) is 12.8 Å². The third-order valence-corrected chi connectivity index (χ3v) is 2.52. The van der Waals surface area contributed by atoms with E-state index in [4.69, 9.17) is 5.11 Å². The van der Waals surface area contributed by atoms with Crippen molar-refractivity contribution < 1.29 is 9.90 Å². The lowest BCUT2D eigenvalue weighted by Crippen LogP contribution is -2.12. The largest absolute Gasteiger partial charge is 0.396 e. The Morgan fingerprint density at radius 3 is 3.06 bits per heavy atom. The van der Waals surface area contributed by atoms with E-state index < -0.39 is 0 Å². The highest BCUT2D eigenvalue weighted by molar-refractivity contribution is 6.01. The third-order valence-electron chi connectivity index (χ3n) is 2.52. The smallest absolute Gasteiger partial charge is 0.224 e. The molecule has 1 heterocycles. The van der Waals surface area contributed by atoms with Gasteiger partial charge in [-0.05, 0) is 23.9 Å². The first-order chi connectivity index (χ1) is 8.31. The number of anilines is 1. The maximum atomic E-state index is 11.6. The molecule has 0 saturated heterocycles. The molecule has 88 valence electrons. The minimum atomic E-state index is -0.0876. The lowest BCUT2D eigenvalue weighted by atomic mass is 10.1. The zero-order valence-electron chi connectivity index (χ0n) is 9.39. The van der Waals surface area contributed by atoms with E-state index in [1.807, 2.05) is 24.3 Å². The van der Waals surface area contributed by atoms with E-state index >= 15 is 0 Å². The number of carbonyl (C=O) groups is 1. The summed E-state index contributed by atoms with van der Waals surface area (Å²) in [6.07, 6.45) is 4.26. The van der Waals surface area contributed by atoms with Crippen molar-refractivity contribution in [3.63, 3.8) is 0 Å². The molecule has 0 saturated carbocycles. The molecule has 0 aliphatic heterocycles. The molecule has 1 aromatic heterocycles. The molecule has 4 heteroatoms. The molecule has 2 rings (SSSR count). The number of aliphatic hydroxyl groups excluding tert-OH is 1. The molecule has 0 unspecified atom stereocenters. The first-order valence-electron chi connectivity index (χ1n) is 5.55. The second kappa shape index (κ2) is 5.41. The number of fused-ring (bicyclic) bond motifs is 1. The van der Waals surface area contributed by atoms with Gasteiger partial charge in [0.15, 0.2) is 0 Å². The number of aliphatic hydroxyl groups is 1. The molecule has 2 aromatic rings. The molecule has 0 aliphatic carbocycles. The SMILES string of the molecule is O=C(CCCO)Nc1cccc2ccncc12. The fourth-order valence-corrected chi connectivity index (χ4v) is 1.67. The summed E-state index contributed by atoms with van der Waals surface area (Å²) in [5.41, 5.74) is 0.763. The van der Waals surface area contributed by atoms with Crippen molar-refractivity contribution in [2.45, 2.75) is 12.8 Å². The third kappa shape index (κ3) is 2.79. The molecule has 17 heavy (non-hydrogen) atoms. The Hall–Kier alpha value is -1.94. The first kappa shape index (κ1) is 11.5. The summed E-state index contributed by atoms with van der Waals surface area (Å²) in [6.45, 7) is 0.0323. The highest BCUT2D eigenvalue weighted by Gasteiger charge is 2.05. The number of aromatic nitrogens is 1. The van der Waals surface area contributed by atoms with E-state index in [1.54, 1.807) is 12.4 Å². The monoisotopic (exact) mass is 230 g/mol. The maximum Gasteiger partial charge on any atom is 0.224 e. The number of benzene rings is 1. The van der Waals surface area contributed by atoms with Crippen LogP contribution in [-0.4, -0.2) is 22.6 Å². The van der Waals surface area contributed by atoms with E-state index in [1.165, 1.54) is 0 Å². The number of hydrogen-bond acceptors (Lipinski definition) is 3. The van der Waals surface area contributed by atoms with E-state index in [9.17, 15) is 4.79 Å². The van der Waals surface area contributed by atoms with Crippen molar-refractivity contribution in [2.24, 2.45) is 0 Å². The Labute approximate surface area is 99.3 Å². The predicted molar refractivity (Wildman–Crippen MR) is 66.7 cm³/mol. The quantitative estimate of drug-likeness (QED) is 0.843. The van der Waals surface area contributed by atoms with Gasteiger partial charge in [-0.25, -0.2) is 0 Å². The van der Waals surface area contributed by atoms with Crippen LogP contribution in [0.25, 0.3) is 10.8 Å². The minimum Gasteiger partial charge on any atom is -0.396 e. The second-order valence-corrected chi connectivity index (χ2v) is 3.78. The van der Waals surface area contributed by atoms with Gasteiger partial charge in [0.25, 0.3) is 0 Å². The molecule has 0 aliphatic rings. The van der Waals surface area contributed by atoms with E-state index in [0.717, 1.165) is 16.5 Å². The standard InChI is InChI=1S/C13H14N2O2/c16-8-2-5-13(17)15-12-4-1-3-10-6-7-14-9-11(10)12/h1,3-4,6-7,9,16H,2,5,8H2,(H,15,17). The van der Waals surface area contributed by atoms with Crippen LogP contribution in [-0.2, 0) is 4.79 Å². The van der Waals surface area contributed by atoms with E-state index in [2.05, 4.69) is 10.3 Å². The van der Waals surface area contributed by atoms with Crippen molar-refractivity contribution in [3.05, 3.63) is 36.7 Å². The summed E-state index contributed by atoms with van der Waals surface area (Å²) in [5.74, 6) is -0.0876. The van der Waals surface area contributed by atoms with Gasteiger partial charge in [0, 0.05) is 30.8 Å². The number of rotatable bonds is 4. The lowest BCUT2D eigenvalue weighted by molar-refractivity contribution is -0.116. The Kier molecular flexibility index (Phi) is 3.67. The molecule has 0 bridgehead atoms. The summed E-state index contributed by atoms with van der Waals surface area (Å²) in [7, 11) is 0. The molecule has 2 N–H and O–H groups in total. The summed E-state index contributed by atoms with van der Waals surface area (Å²) >= 11 is 0. The molecule has 0 spiro atoms. The van der Waals surface area contributed by atoms with Gasteiger partial charge in [-0.1, -0.05) is 12.1 Å². The highest BCUT2D eigenvalue weighted by atomic mass is 16.3. The predicted octanol–water partition coefficient (Wildman–Crippen LogP) is 1.95. The zero-order chi connectivity index (χ0) is 12.1. The van der Waals surface area contributed by atoms with Crippen molar-refractivity contribution in [1.82, 2.24) is 4.98 Å². The normalized spacial score (nSPS) is 10.4. The molecule has 1 amide bonds. The van der Waals surface area contributed by atoms with Gasteiger partial charge >= 0.3 is 0 Å². The first-order valence-corrected chi connectivity index (χ1v) is 5.55. The van der Waals surface area contributed by atoms with Gasteiger partial charge in [-0.2, -0.15) is 0 Å². The second-order valence-electron chi connectivity index (χ2n) is 3.78. The molecule has 0 fully saturated rings. The number of nitrogens with one attached hydrogen (secondary N) is 1. The number of amides is 1. The van der Waals surface area contributed by atoms with Crippen LogP contribution in [0, 0.1) is 0 Å². The summed E-state index contributed by atoms with van der Waals surface area (Å²) in [4.78, 5) is 15.6. The van der Waals surface area contributed by atoms with Crippen molar-refractivity contribution in [2.75, 3.05) is 11.9 Å².